The van der Waals surface area contributed by atoms with E-state index in [0.717, 1.165) is 17.3 Å². The van der Waals surface area contributed by atoms with Crippen molar-refractivity contribution < 1.29 is 9.18 Å². The standard InChI is InChI=1S/C20H15ClFN5O2S/c21-13-2-1-3-15(8-13)27-18-16(10-24-27)19(29)26-20(25-18)30-11-17(28)23-9-12-4-6-14(22)7-5-12/h1-8,10H,9,11H2,(H,23,28)(H,25,26,29). The number of fused-ring (bicyclic) bond motifs is 1. The highest BCUT2D eigenvalue weighted by molar-refractivity contribution is 7.99. The molecule has 152 valence electrons. The second-order valence-corrected chi connectivity index (χ2v) is 7.74. The summed E-state index contributed by atoms with van der Waals surface area (Å²) in [5.41, 5.74) is 1.48. The fourth-order valence-electron chi connectivity index (χ4n) is 2.75. The normalized spacial score (nSPS) is 11.0. The molecule has 2 N–H and O–H groups in total. The average molecular weight is 444 g/mol. The van der Waals surface area contributed by atoms with Gasteiger partial charge in [0.15, 0.2) is 10.8 Å². The number of carbonyl (C=O) groups excluding carboxylic acids is 1. The maximum Gasteiger partial charge on any atom is 0.262 e. The Morgan fingerprint density at radius 1 is 1.23 bits per heavy atom. The minimum Gasteiger partial charge on any atom is -0.351 e. The third-order valence-electron chi connectivity index (χ3n) is 4.21. The second-order valence-electron chi connectivity index (χ2n) is 6.34. The van der Waals surface area contributed by atoms with Crippen LogP contribution in [0.5, 0.6) is 0 Å². The summed E-state index contributed by atoms with van der Waals surface area (Å²) < 4.78 is 14.5. The van der Waals surface area contributed by atoms with Crippen LogP contribution in [0.2, 0.25) is 5.02 Å². The molecule has 4 rings (SSSR count). The summed E-state index contributed by atoms with van der Waals surface area (Å²) in [4.78, 5) is 31.6. The summed E-state index contributed by atoms with van der Waals surface area (Å²) in [6, 6.07) is 12.9. The molecule has 0 saturated carbocycles. The van der Waals surface area contributed by atoms with Crippen molar-refractivity contribution in [2.45, 2.75) is 11.7 Å². The van der Waals surface area contributed by atoms with E-state index in [4.69, 9.17) is 11.6 Å². The van der Waals surface area contributed by atoms with E-state index in [1.807, 2.05) is 0 Å². The van der Waals surface area contributed by atoms with E-state index in [1.54, 1.807) is 36.4 Å². The number of nitrogens with zero attached hydrogens (tertiary/aromatic N) is 3. The van der Waals surface area contributed by atoms with Crippen molar-refractivity contribution in [3.05, 3.63) is 81.5 Å². The maximum atomic E-state index is 12.9. The molecule has 10 heteroatoms. The molecule has 0 spiro atoms. The van der Waals surface area contributed by atoms with Gasteiger partial charge in [0.25, 0.3) is 5.56 Å². The zero-order valence-corrected chi connectivity index (χ0v) is 17.0. The molecule has 0 aliphatic rings. The summed E-state index contributed by atoms with van der Waals surface area (Å²) in [6.07, 6.45) is 1.44. The average Bonchev–Trinajstić information content (AvgIpc) is 3.16. The van der Waals surface area contributed by atoms with Crippen molar-refractivity contribution >= 4 is 40.3 Å². The molecule has 2 heterocycles. The number of nitrogens with one attached hydrogen (secondary N) is 2. The number of hydrogen-bond acceptors (Lipinski definition) is 5. The highest BCUT2D eigenvalue weighted by Crippen LogP contribution is 2.20. The first kappa shape index (κ1) is 20.1. The number of carbonyl (C=O) groups is 1. The van der Waals surface area contributed by atoms with Gasteiger partial charge in [-0.05, 0) is 35.9 Å². The number of hydrogen-bond donors (Lipinski definition) is 2. The molecule has 7 nitrogen and oxygen atoms in total. The van der Waals surface area contributed by atoms with E-state index in [2.05, 4.69) is 20.4 Å². The van der Waals surface area contributed by atoms with Crippen molar-refractivity contribution in [3.8, 4) is 5.69 Å². The van der Waals surface area contributed by atoms with Crippen LogP contribution < -0.4 is 10.9 Å². The topological polar surface area (TPSA) is 92.7 Å². The van der Waals surface area contributed by atoms with Crippen LogP contribution in [0.4, 0.5) is 4.39 Å². The summed E-state index contributed by atoms with van der Waals surface area (Å²) in [7, 11) is 0. The van der Waals surface area contributed by atoms with Crippen LogP contribution in [0, 0.1) is 5.82 Å². The van der Waals surface area contributed by atoms with E-state index in [1.165, 1.54) is 23.0 Å². The molecule has 2 aromatic heterocycles. The van der Waals surface area contributed by atoms with Crippen molar-refractivity contribution in [3.63, 3.8) is 0 Å². The minimum atomic E-state index is -0.345. The molecule has 1 amide bonds. The van der Waals surface area contributed by atoms with Gasteiger partial charge in [-0.3, -0.25) is 9.59 Å². The maximum absolute atomic E-state index is 12.9. The number of rotatable bonds is 6. The van der Waals surface area contributed by atoms with Gasteiger partial charge in [-0.15, -0.1) is 0 Å². The quantitative estimate of drug-likeness (QED) is 0.352. The Kier molecular flexibility index (Phi) is 5.82. The van der Waals surface area contributed by atoms with Crippen LogP contribution in [0.25, 0.3) is 16.7 Å². The van der Waals surface area contributed by atoms with Gasteiger partial charge in [0.1, 0.15) is 11.2 Å². The largest absolute Gasteiger partial charge is 0.351 e. The Morgan fingerprint density at radius 2 is 2.03 bits per heavy atom. The first-order chi connectivity index (χ1) is 14.5. The number of halogens is 2. The molecule has 30 heavy (non-hydrogen) atoms. The molecule has 0 aliphatic carbocycles. The van der Waals surface area contributed by atoms with Crippen molar-refractivity contribution in [1.82, 2.24) is 25.1 Å². The van der Waals surface area contributed by atoms with Crippen LogP contribution in [0.15, 0.2) is 64.7 Å². The van der Waals surface area contributed by atoms with E-state index in [-0.39, 0.29) is 29.6 Å². The van der Waals surface area contributed by atoms with Gasteiger partial charge in [0.05, 0.1) is 17.6 Å². The summed E-state index contributed by atoms with van der Waals surface area (Å²) in [5.74, 6) is -0.514. The third-order valence-corrected chi connectivity index (χ3v) is 5.32. The number of H-pyrrole nitrogens is 1. The van der Waals surface area contributed by atoms with E-state index >= 15 is 0 Å². The summed E-state index contributed by atoms with van der Waals surface area (Å²) in [5, 5.41) is 8.15. The molecule has 0 unspecified atom stereocenters. The van der Waals surface area contributed by atoms with Crippen molar-refractivity contribution in [1.29, 1.82) is 0 Å². The Hall–Kier alpha value is -3.17. The molecule has 0 fully saturated rings. The van der Waals surface area contributed by atoms with E-state index in [9.17, 15) is 14.0 Å². The van der Waals surface area contributed by atoms with Gasteiger partial charge in [-0.25, -0.2) is 14.1 Å². The lowest BCUT2D eigenvalue weighted by molar-refractivity contribution is -0.118. The first-order valence-corrected chi connectivity index (χ1v) is 10.2. The molecule has 2 aromatic carbocycles. The highest BCUT2D eigenvalue weighted by Gasteiger charge is 2.13. The molecule has 0 bridgehead atoms. The van der Waals surface area contributed by atoms with Crippen molar-refractivity contribution in [2.24, 2.45) is 0 Å². The molecule has 4 aromatic rings. The fraction of sp³-hybridized carbons (Fsp3) is 0.100. The molecule has 0 radical (unpaired) electrons. The van der Waals surface area contributed by atoms with Gasteiger partial charge in [0.2, 0.25) is 5.91 Å². The Morgan fingerprint density at radius 3 is 2.80 bits per heavy atom. The number of thioether (sulfide) groups is 1. The Bertz CT molecular complexity index is 1270. The Balaban J connectivity index is 1.47. The van der Waals surface area contributed by atoms with Gasteiger partial charge in [0, 0.05) is 11.6 Å². The molecule has 0 aliphatic heterocycles. The monoisotopic (exact) mass is 443 g/mol. The van der Waals surface area contributed by atoms with Crippen LogP contribution in [0.1, 0.15) is 5.56 Å². The molecular formula is C20H15ClFN5O2S. The van der Waals surface area contributed by atoms with Crippen LogP contribution in [0.3, 0.4) is 0 Å². The highest BCUT2D eigenvalue weighted by atomic mass is 35.5. The molecule has 0 saturated heterocycles. The Labute approximate surface area is 179 Å². The SMILES string of the molecule is O=C(CSc1nc2c(cnn2-c2cccc(Cl)c2)c(=O)[nH]1)NCc1ccc(F)cc1. The van der Waals surface area contributed by atoms with Gasteiger partial charge in [-0.1, -0.05) is 41.6 Å². The zero-order valence-electron chi connectivity index (χ0n) is 15.4. The van der Waals surface area contributed by atoms with Gasteiger partial charge >= 0.3 is 0 Å². The lowest BCUT2D eigenvalue weighted by atomic mass is 10.2. The first-order valence-electron chi connectivity index (χ1n) is 8.87. The van der Waals surface area contributed by atoms with Gasteiger partial charge in [-0.2, -0.15) is 5.10 Å². The predicted molar refractivity (Wildman–Crippen MR) is 113 cm³/mol. The van der Waals surface area contributed by atoms with Crippen molar-refractivity contribution in [2.75, 3.05) is 5.75 Å². The zero-order chi connectivity index (χ0) is 21.1. The lowest BCUT2D eigenvalue weighted by Gasteiger charge is -2.06. The smallest absolute Gasteiger partial charge is 0.262 e. The lowest BCUT2D eigenvalue weighted by Crippen LogP contribution is -2.24. The van der Waals surface area contributed by atoms with E-state index in [0.29, 0.717) is 26.9 Å². The van der Waals surface area contributed by atoms with Crippen LogP contribution in [-0.4, -0.2) is 31.4 Å². The van der Waals surface area contributed by atoms with E-state index < -0.39 is 0 Å². The van der Waals surface area contributed by atoms with Gasteiger partial charge < -0.3 is 10.3 Å². The second kappa shape index (κ2) is 8.68. The summed E-state index contributed by atoms with van der Waals surface area (Å²) in [6.45, 7) is 0.282. The number of benzene rings is 2. The fourth-order valence-corrected chi connectivity index (χ4v) is 3.62. The number of amides is 1. The predicted octanol–water partition coefficient (Wildman–Crippen LogP) is 3.31. The minimum absolute atomic E-state index is 0.0565. The van der Waals surface area contributed by atoms with Crippen LogP contribution >= 0.6 is 23.4 Å². The molecular weight excluding hydrogens is 429 g/mol. The summed E-state index contributed by atoms with van der Waals surface area (Å²) >= 11 is 7.14. The third kappa shape index (κ3) is 4.52. The van der Waals surface area contributed by atoms with Crippen LogP contribution in [-0.2, 0) is 11.3 Å². The molecule has 0 atom stereocenters. The number of aromatic amines is 1. The number of aromatic nitrogens is 4.